The molecule has 78 valence electrons. The highest BCUT2D eigenvalue weighted by Crippen LogP contribution is 2.22. The van der Waals surface area contributed by atoms with Crippen LogP contribution in [0.3, 0.4) is 0 Å². The van der Waals surface area contributed by atoms with E-state index in [0.717, 1.165) is 5.56 Å². The third kappa shape index (κ3) is 2.53. The minimum Gasteiger partial charge on any atom is -0.391 e. The molecule has 0 aliphatic carbocycles. The lowest BCUT2D eigenvalue weighted by molar-refractivity contribution is 0.140. The Hall–Kier alpha value is -0.450. The molecule has 0 unspecified atom stereocenters. The van der Waals surface area contributed by atoms with Crippen molar-refractivity contribution in [3.05, 3.63) is 34.1 Å². The Morgan fingerprint density at radius 2 is 2.21 bits per heavy atom. The fourth-order valence-electron chi connectivity index (χ4n) is 1.20. The molecule has 2 nitrogen and oxygen atoms in total. The first-order chi connectivity index (χ1) is 6.56. The van der Waals surface area contributed by atoms with E-state index >= 15 is 0 Å². The van der Waals surface area contributed by atoms with Crippen LogP contribution in [0.5, 0.6) is 0 Å². The Bertz CT molecular complexity index is 319. The van der Waals surface area contributed by atoms with Crippen LogP contribution in [0.25, 0.3) is 0 Å². The lowest BCUT2D eigenvalue weighted by Gasteiger charge is -2.17. The van der Waals surface area contributed by atoms with Gasteiger partial charge < -0.3 is 10.8 Å². The van der Waals surface area contributed by atoms with Crippen molar-refractivity contribution in [3.63, 3.8) is 0 Å². The van der Waals surface area contributed by atoms with Crippen molar-refractivity contribution >= 4 is 15.9 Å². The van der Waals surface area contributed by atoms with E-state index in [1.54, 1.807) is 12.1 Å². The molecule has 0 aliphatic rings. The summed E-state index contributed by atoms with van der Waals surface area (Å²) in [6, 6.07) is 4.06. The van der Waals surface area contributed by atoms with Gasteiger partial charge in [-0.2, -0.15) is 0 Å². The monoisotopic (exact) mass is 261 g/mol. The molecule has 4 heteroatoms. The quantitative estimate of drug-likeness (QED) is 0.878. The fraction of sp³-hybridized carbons (Fsp3) is 0.400. The lowest BCUT2D eigenvalue weighted by Crippen LogP contribution is -2.25. The van der Waals surface area contributed by atoms with Crippen molar-refractivity contribution in [1.29, 1.82) is 0 Å². The summed E-state index contributed by atoms with van der Waals surface area (Å²) in [5.41, 5.74) is 6.50. The summed E-state index contributed by atoms with van der Waals surface area (Å²) in [6.07, 6.45) is -0.0109. The van der Waals surface area contributed by atoms with Crippen LogP contribution in [0.4, 0.5) is 4.39 Å². The van der Waals surface area contributed by atoms with Crippen molar-refractivity contribution in [1.82, 2.24) is 0 Å². The van der Waals surface area contributed by atoms with Crippen LogP contribution in [0.2, 0.25) is 0 Å². The third-order valence-electron chi connectivity index (χ3n) is 2.16. The topological polar surface area (TPSA) is 46.2 Å². The number of halogens is 2. The molecule has 0 aromatic heterocycles. The Balaban J connectivity index is 2.91. The number of aliphatic hydroxyl groups excluding tert-OH is 1. The van der Waals surface area contributed by atoms with Crippen LogP contribution in [0.15, 0.2) is 22.7 Å². The van der Waals surface area contributed by atoms with Gasteiger partial charge in [-0.05, 0) is 40.0 Å². The summed E-state index contributed by atoms with van der Waals surface area (Å²) in [5.74, 6) is -0.327. The zero-order chi connectivity index (χ0) is 10.7. The van der Waals surface area contributed by atoms with E-state index in [1.165, 1.54) is 6.07 Å². The predicted molar refractivity (Wildman–Crippen MR) is 57.3 cm³/mol. The van der Waals surface area contributed by atoms with Gasteiger partial charge in [0.1, 0.15) is 5.82 Å². The molecule has 0 amide bonds. The fourth-order valence-corrected chi connectivity index (χ4v) is 1.59. The van der Waals surface area contributed by atoms with Crippen LogP contribution in [-0.4, -0.2) is 11.2 Å². The number of benzene rings is 1. The number of rotatable bonds is 3. The maximum Gasteiger partial charge on any atom is 0.137 e. The average molecular weight is 262 g/mol. The second-order valence-corrected chi connectivity index (χ2v) is 4.03. The highest BCUT2D eigenvalue weighted by Gasteiger charge is 2.15. The molecule has 0 saturated carbocycles. The molecule has 0 radical (unpaired) electrons. The van der Waals surface area contributed by atoms with Crippen LogP contribution in [0.1, 0.15) is 24.9 Å². The maximum absolute atomic E-state index is 12.9. The largest absolute Gasteiger partial charge is 0.391 e. The van der Waals surface area contributed by atoms with Gasteiger partial charge in [-0.3, -0.25) is 0 Å². The van der Waals surface area contributed by atoms with Gasteiger partial charge in [-0.15, -0.1) is 0 Å². The number of aliphatic hydroxyl groups is 1. The Labute approximate surface area is 91.1 Å². The van der Waals surface area contributed by atoms with Gasteiger partial charge in [-0.25, -0.2) is 4.39 Å². The molecule has 14 heavy (non-hydrogen) atoms. The van der Waals surface area contributed by atoms with Crippen molar-refractivity contribution in [3.8, 4) is 0 Å². The van der Waals surface area contributed by atoms with E-state index in [2.05, 4.69) is 15.9 Å². The van der Waals surface area contributed by atoms with E-state index in [-0.39, 0.29) is 5.82 Å². The minimum absolute atomic E-state index is 0.327. The number of hydrogen-bond donors (Lipinski definition) is 2. The third-order valence-corrected chi connectivity index (χ3v) is 2.77. The molecule has 0 saturated heterocycles. The first kappa shape index (κ1) is 11.6. The molecule has 1 rings (SSSR count). The zero-order valence-corrected chi connectivity index (χ0v) is 9.46. The highest BCUT2D eigenvalue weighted by molar-refractivity contribution is 9.10. The second kappa shape index (κ2) is 4.87. The molecule has 0 fully saturated rings. The summed E-state index contributed by atoms with van der Waals surface area (Å²) >= 11 is 3.07. The van der Waals surface area contributed by atoms with E-state index < -0.39 is 12.1 Å². The summed E-state index contributed by atoms with van der Waals surface area (Å²) < 4.78 is 13.3. The summed E-state index contributed by atoms with van der Waals surface area (Å²) in [6.45, 7) is 1.85. The first-order valence-electron chi connectivity index (χ1n) is 4.44. The van der Waals surface area contributed by atoms with Gasteiger partial charge in [-0.1, -0.05) is 13.0 Å². The van der Waals surface area contributed by atoms with Gasteiger partial charge in [0.15, 0.2) is 0 Å². The van der Waals surface area contributed by atoms with Crippen LogP contribution in [-0.2, 0) is 0 Å². The van der Waals surface area contributed by atoms with Crippen molar-refractivity contribution in [2.75, 3.05) is 0 Å². The SMILES string of the molecule is CC[C@@H](O)[C@@H](N)c1ccc(F)c(Br)c1. The van der Waals surface area contributed by atoms with Crippen molar-refractivity contribution < 1.29 is 9.50 Å². The predicted octanol–water partition coefficient (Wildman–Crippen LogP) is 2.36. The molecule has 2 atom stereocenters. The Morgan fingerprint density at radius 1 is 1.57 bits per heavy atom. The zero-order valence-electron chi connectivity index (χ0n) is 7.87. The van der Waals surface area contributed by atoms with Gasteiger partial charge in [0.25, 0.3) is 0 Å². The summed E-state index contributed by atoms with van der Waals surface area (Å²) in [7, 11) is 0. The molecule has 3 N–H and O–H groups in total. The molecule has 0 spiro atoms. The summed E-state index contributed by atoms with van der Waals surface area (Å²) in [5, 5.41) is 9.51. The van der Waals surface area contributed by atoms with Crippen LogP contribution >= 0.6 is 15.9 Å². The second-order valence-electron chi connectivity index (χ2n) is 3.17. The van der Waals surface area contributed by atoms with Crippen LogP contribution < -0.4 is 5.73 Å². The number of hydrogen-bond acceptors (Lipinski definition) is 2. The van der Waals surface area contributed by atoms with E-state index in [4.69, 9.17) is 5.73 Å². The molecular weight excluding hydrogens is 249 g/mol. The standard InChI is InChI=1S/C10H13BrFNO/c1-2-9(14)10(13)6-3-4-8(12)7(11)5-6/h3-5,9-10,14H,2,13H2,1H3/t9-,10+/m1/s1. The van der Waals surface area contributed by atoms with Crippen molar-refractivity contribution in [2.24, 2.45) is 5.73 Å². The molecule has 1 aromatic carbocycles. The Morgan fingerprint density at radius 3 is 2.71 bits per heavy atom. The average Bonchev–Trinajstić information content (AvgIpc) is 2.20. The summed E-state index contributed by atoms with van der Waals surface area (Å²) in [4.78, 5) is 0. The molecular formula is C10H13BrFNO. The molecule has 1 aromatic rings. The molecule has 0 heterocycles. The van der Waals surface area contributed by atoms with E-state index in [1.807, 2.05) is 6.92 Å². The highest BCUT2D eigenvalue weighted by atomic mass is 79.9. The van der Waals surface area contributed by atoms with Gasteiger partial charge in [0.2, 0.25) is 0 Å². The van der Waals surface area contributed by atoms with Crippen molar-refractivity contribution in [2.45, 2.75) is 25.5 Å². The van der Waals surface area contributed by atoms with Crippen LogP contribution in [0, 0.1) is 5.82 Å². The maximum atomic E-state index is 12.9. The number of nitrogens with two attached hydrogens (primary N) is 1. The van der Waals surface area contributed by atoms with Gasteiger partial charge in [0, 0.05) is 0 Å². The molecule has 0 aliphatic heterocycles. The molecule has 0 bridgehead atoms. The lowest BCUT2D eigenvalue weighted by atomic mass is 10.0. The first-order valence-corrected chi connectivity index (χ1v) is 5.24. The minimum atomic E-state index is -0.590. The Kier molecular flexibility index (Phi) is 4.04. The van der Waals surface area contributed by atoms with Gasteiger partial charge in [0.05, 0.1) is 16.6 Å². The van der Waals surface area contributed by atoms with E-state index in [9.17, 15) is 9.50 Å². The van der Waals surface area contributed by atoms with E-state index in [0.29, 0.717) is 10.9 Å². The van der Waals surface area contributed by atoms with Gasteiger partial charge >= 0.3 is 0 Å². The normalized spacial score (nSPS) is 15.2. The smallest absolute Gasteiger partial charge is 0.137 e.